The molecule has 1 aromatic heterocycles. The van der Waals surface area contributed by atoms with Crippen molar-refractivity contribution in [1.82, 2.24) is 20.2 Å². The van der Waals surface area contributed by atoms with Gasteiger partial charge in [-0.2, -0.15) is 13.2 Å². The fourth-order valence-electron chi connectivity index (χ4n) is 6.09. The molecule has 3 aromatic carbocycles. The number of carbonyl (C=O) groups is 1. The molecule has 2 heterocycles. The molecule has 1 saturated heterocycles. The SMILES string of the molecule is O=C(NCC(F)(F)F)OC1(CCCCN2CCN(c3cnc4ccccc4n3)CC2)c2ccccc2-c2ccccc21. The van der Waals surface area contributed by atoms with E-state index in [1.807, 2.05) is 84.3 Å². The molecule has 1 fully saturated rings. The van der Waals surface area contributed by atoms with E-state index in [9.17, 15) is 18.0 Å². The number of halogens is 3. The average Bonchev–Trinajstić information content (AvgIpc) is 3.28. The van der Waals surface area contributed by atoms with Crippen molar-refractivity contribution < 1.29 is 22.7 Å². The minimum Gasteiger partial charge on any atom is -0.433 e. The highest BCUT2D eigenvalue weighted by molar-refractivity contribution is 5.82. The van der Waals surface area contributed by atoms with Crippen LogP contribution in [0.25, 0.3) is 22.2 Å². The Bertz CT molecular complexity index is 1520. The summed E-state index contributed by atoms with van der Waals surface area (Å²) in [7, 11) is 0. The largest absolute Gasteiger partial charge is 0.433 e. The zero-order chi connectivity index (χ0) is 29.2. The van der Waals surface area contributed by atoms with Gasteiger partial charge >= 0.3 is 12.3 Å². The lowest BCUT2D eigenvalue weighted by Crippen LogP contribution is -2.47. The van der Waals surface area contributed by atoms with Crippen molar-refractivity contribution in [2.75, 3.05) is 44.2 Å². The molecule has 0 bridgehead atoms. The first-order valence-corrected chi connectivity index (χ1v) is 14.2. The van der Waals surface area contributed by atoms with Crippen LogP contribution in [0.1, 0.15) is 30.4 Å². The Morgan fingerprint density at radius 2 is 1.48 bits per heavy atom. The number of carbonyl (C=O) groups excluding carboxylic acids is 1. The van der Waals surface area contributed by atoms with Crippen molar-refractivity contribution in [2.24, 2.45) is 0 Å². The van der Waals surface area contributed by atoms with Crippen LogP contribution in [0.15, 0.2) is 79.0 Å². The number of alkyl carbamates (subject to hydrolysis) is 1. The second-order valence-corrected chi connectivity index (χ2v) is 10.8. The Morgan fingerprint density at radius 1 is 0.857 bits per heavy atom. The van der Waals surface area contributed by atoms with Crippen molar-refractivity contribution >= 4 is 22.9 Å². The number of anilines is 1. The number of para-hydroxylation sites is 2. The molecule has 2 aliphatic rings. The van der Waals surface area contributed by atoms with Gasteiger partial charge in [-0.1, -0.05) is 60.7 Å². The number of amides is 1. The minimum absolute atomic E-state index is 0.465. The third-order valence-electron chi connectivity index (χ3n) is 8.10. The monoisotopic (exact) mass is 575 g/mol. The summed E-state index contributed by atoms with van der Waals surface area (Å²) in [5, 5.41) is 1.90. The van der Waals surface area contributed by atoms with Crippen LogP contribution in [0.3, 0.4) is 0 Å². The number of alkyl halides is 3. The van der Waals surface area contributed by atoms with E-state index >= 15 is 0 Å². The van der Waals surface area contributed by atoms with Gasteiger partial charge in [-0.15, -0.1) is 0 Å². The van der Waals surface area contributed by atoms with Crippen molar-refractivity contribution in [3.05, 3.63) is 90.1 Å². The average molecular weight is 576 g/mol. The van der Waals surface area contributed by atoms with Gasteiger partial charge in [-0.3, -0.25) is 9.88 Å². The van der Waals surface area contributed by atoms with E-state index in [-0.39, 0.29) is 0 Å². The molecule has 6 rings (SSSR count). The molecule has 0 atom stereocenters. The molecule has 42 heavy (non-hydrogen) atoms. The van der Waals surface area contributed by atoms with E-state index in [0.29, 0.717) is 6.42 Å². The Balaban J connectivity index is 1.10. The number of unbranched alkanes of at least 4 members (excludes halogenated alkanes) is 1. The van der Waals surface area contributed by atoms with Crippen molar-refractivity contribution in [2.45, 2.75) is 31.0 Å². The van der Waals surface area contributed by atoms with Crippen LogP contribution in [0.4, 0.5) is 23.8 Å². The first-order chi connectivity index (χ1) is 20.3. The summed E-state index contributed by atoms with van der Waals surface area (Å²) in [6.45, 7) is 2.91. The highest BCUT2D eigenvalue weighted by atomic mass is 19.4. The Hall–Kier alpha value is -4.18. The quantitative estimate of drug-likeness (QED) is 0.255. The van der Waals surface area contributed by atoms with Crippen LogP contribution >= 0.6 is 0 Å². The van der Waals surface area contributed by atoms with E-state index in [4.69, 9.17) is 9.72 Å². The normalized spacial score (nSPS) is 16.2. The van der Waals surface area contributed by atoms with Gasteiger partial charge in [0.05, 0.1) is 17.2 Å². The van der Waals surface area contributed by atoms with Crippen molar-refractivity contribution in [3.63, 3.8) is 0 Å². The molecule has 7 nitrogen and oxygen atoms in total. The molecular formula is C32H32F3N5O2. The lowest BCUT2D eigenvalue weighted by atomic mass is 9.86. The van der Waals surface area contributed by atoms with Gasteiger partial charge in [0.1, 0.15) is 12.4 Å². The van der Waals surface area contributed by atoms with E-state index < -0.39 is 24.4 Å². The Morgan fingerprint density at radius 3 is 2.14 bits per heavy atom. The van der Waals surface area contributed by atoms with Gasteiger partial charge in [0, 0.05) is 37.3 Å². The maximum atomic E-state index is 12.8. The first-order valence-electron chi connectivity index (χ1n) is 14.2. The maximum absolute atomic E-state index is 12.8. The van der Waals surface area contributed by atoms with Gasteiger partial charge in [0.2, 0.25) is 0 Å². The van der Waals surface area contributed by atoms with Gasteiger partial charge < -0.3 is 15.0 Å². The predicted octanol–water partition coefficient (Wildman–Crippen LogP) is 6.13. The lowest BCUT2D eigenvalue weighted by molar-refractivity contribution is -0.124. The van der Waals surface area contributed by atoms with Gasteiger partial charge in [-0.25, -0.2) is 9.78 Å². The van der Waals surface area contributed by atoms with Crippen LogP contribution in [-0.2, 0) is 10.3 Å². The van der Waals surface area contributed by atoms with Crippen LogP contribution in [-0.4, -0.2) is 66.4 Å². The van der Waals surface area contributed by atoms with Gasteiger partial charge in [0.25, 0.3) is 0 Å². The fourth-order valence-corrected chi connectivity index (χ4v) is 6.09. The third-order valence-corrected chi connectivity index (χ3v) is 8.10. The second-order valence-electron chi connectivity index (χ2n) is 10.8. The van der Waals surface area contributed by atoms with Crippen LogP contribution in [0, 0.1) is 0 Å². The molecule has 4 aromatic rings. The summed E-state index contributed by atoms with van der Waals surface area (Å²) in [5.74, 6) is 0.884. The summed E-state index contributed by atoms with van der Waals surface area (Å²) in [5.41, 5.74) is 4.09. The van der Waals surface area contributed by atoms with Crippen LogP contribution in [0.2, 0.25) is 0 Å². The molecule has 1 aliphatic heterocycles. The summed E-state index contributed by atoms with van der Waals surface area (Å²) in [4.78, 5) is 26.7. The fraction of sp³-hybridized carbons (Fsp3) is 0.344. The lowest BCUT2D eigenvalue weighted by Gasteiger charge is -2.36. The Labute approximate surface area is 242 Å². The number of benzene rings is 3. The molecule has 1 N–H and O–H groups in total. The van der Waals surface area contributed by atoms with E-state index in [1.165, 1.54) is 0 Å². The van der Waals surface area contributed by atoms with Gasteiger partial charge in [0.15, 0.2) is 5.60 Å². The number of hydrogen-bond acceptors (Lipinski definition) is 6. The van der Waals surface area contributed by atoms with Gasteiger partial charge in [-0.05, 0) is 49.1 Å². The number of fused-ring (bicyclic) bond motifs is 4. The number of nitrogens with one attached hydrogen (secondary N) is 1. The molecule has 1 aliphatic carbocycles. The summed E-state index contributed by atoms with van der Waals surface area (Å²) >= 11 is 0. The third kappa shape index (κ3) is 5.76. The van der Waals surface area contributed by atoms with E-state index in [0.717, 1.165) is 84.7 Å². The smallest absolute Gasteiger partial charge is 0.408 e. The number of aromatic nitrogens is 2. The first kappa shape index (κ1) is 28.0. The highest BCUT2D eigenvalue weighted by Gasteiger charge is 2.46. The van der Waals surface area contributed by atoms with E-state index in [2.05, 4.69) is 14.8 Å². The number of hydrogen-bond donors (Lipinski definition) is 1. The number of nitrogens with zero attached hydrogens (tertiary/aromatic N) is 4. The van der Waals surface area contributed by atoms with Crippen LogP contribution in [0.5, 0.6) is 0 Å². The second kappa shape index (κ2) is 11.6. The summed E-state index contributed by atoms with van der Waals surface area (Å²) in [6, 6.07) is 23.2. The van der Waals surface area contributed by atoms with Crippen LogP contribution < -0.4 is 10.2 Å². The molecule has 0 unspecified atom stereocenters. The zero-order valence-electron chi connectivity index (χ0n) is 23.1. The zero-order valence-corrected chi connectivity index (χ0v) is 23.1. The Kier molecular flexibility index (Phi) is 7.72. The molecule has 218 valence electrons. The highest BCUT2D eigenvalue weighted by Crippen LogP contribution is 2.52. The molecule has 0 radical (unpaired) electrons. The molecule has 10 heteroatoms. The van der Waals surface area contributed by atoms with Crippen molar-refractivity contribution in [1.29, 1.82) is 0 Å². The molecular weight excluding hydrogens is 543 g/mol. The van der Waals surface area contributed by atoms with E-state index in [1.54, 1.807) is 0 Å². The minimum atomic E-state index is -4.53. The van der Waals surface area contributed by atoms with Crippen molar-refractivity contribution in [3.8, 4) is 11.1 Å². The standard InChI is InChI=1S/C32H32F3N5O2/c33-32(34,35)22-37-30(41)42-31(25-11-3-1-9-23(25)24-10-2-4-12-26(24)31)15-7-8-16-39-17-19-40(20-18-39)29-21-36-27-13-5-6-14-28(27)38-29/h1-6,9-14,21H,7-8,15-20,22H2,(H,37,41). The summed E-state index contributed by atoms with van der Waals surface area (Å²) in [6.07, 6.45) is -1.72. The molecule has 1 amide bonds. The predicted molar refractivity (Wildman–Crippen MR) is 155 cm³/mol. The summed E-state index contributed by atoms with van der Waals surface area (Å²) < 4.78 is 44.4. The number of piperazine rings is 1. The number of ether oxygens (including phenoxy) is 1. The molecule has 0 spiro atoms. The topological polar surface area (TPSA) is 70.6 Å². The molecule has 0 saturated carbocycles. The number of rotatable bonds is 8. The maximum Gasteiger partial charge on any atom is 0.408 e.